The van der Waals surface area contributed by atoms with Crippen molar-refractivity contribution in [1.82, 2.24) is 9.88 Å². The average Bonchev–Trinajstić information content (AvgIpc) is 2.97. The molecule has 1 fully saturated rings. The minimum Gasteiger partial charge on any atom is -0.480 e. The molecule has 1 aromatic carbocycles. The SMILES string of the molecule is Cc1cc(C)cc(C(c2cccnc2)N2CCCC2C(=O)O)c1. The van der Waals surface area contributed by atoms with Crippen LogP contribution in [0.15, 0.2) is 42.7 Å². The first-order valence-electron chi connectivity index (χ1n) is 8.03. The van der Waals surface area contributed by atoms with Gasteiger partial charge < -0.3 is 5.11 Å². The van der Waals surface area contributed by atoms with E-state index in [1.54, 1.807) is 6.20 Å². The molecular formula is C19H22N2O2. The Morgan fingerprint density at radius 3 is 2.61 bits per heavy atom. The van der Waals surface area contributed by atoms with Gasteiger partial charge >= 0.3 is 5.97 Å². The molecule has 1 N–H and O–H groups in total. The van der Waals surface area contributed by atoms with Gasteiger partial charge in [-0.3, -0.25) is 14.7 Å². The van der Waals surface area contributed by atoms with Crippen molar-refractivity contribution in [2.75, 3.05) is 6.54 Å². The summed E-state index contributed by atoms with van der Waals surface area (Å²) in [6.45, 7) is 4.95. The summed E-state index contributed by atoms with van der Waals surface area (Å²) >= 11 is 0. The van der Waals surface area contributed by atoms with E-state index in [0.29, 0.717) is 6.42 Å². The fourth-order valence-corrected chi connectivity index (χ4v) is 3.64. The molecule has 1 aromatic heterocycles. The van der Waals surface area contributed by atoms with Gasteiger partial charge in [0.1, 0.15) is 6.04 Å². The van der Waals surface area contributed by atoms with Crippen LogP contribution in [-0.4, -0.2) is 33.5 Å². The molecule has 120 valence electrons. The van der Waals surface area contributed by atoms with E-state index < -0.39 is 12.0 Å². The smallest absolute Gasteiger partial charge is 0.320 e. The highest BCUT2D eigenvalue weighted by Gasteiger charge is 2.36. The Morgan fingerprint density at radius 1 is 1.26 bits per heavy atom. The zero-order valence-electron chi connectivity index (χ0n) is 13.6. The Morgan fingerprint density at radius 2 is 2.00 bits per heavy atom. The van der Waals surface area contributed by atoms with Crippen molar-refractivity contribution in [3.05, 3.63) is 65.0 Å². The summed E-state index contributed by atoms with van der Waals surface area (Å²) in [4.78, 5) is 18.0. The molecule has 0 amide bonds. The maximum Gasteiger partial charge on any atom is 0.320 e. The summed E-state index contributed by atoms with van der Waals surface area (Å²) in [5, 5.41) is 9.58. The molecule has 4 heteroatoms. The molecule has 2 heterocycles. The van der Waals surface area contributed by atoms with Crippen LogP contribution in [-0.2, 0) is 4.79 Å². The quantitative estimate of drug-likeness (QED) is 0.941. The second-order valence-electron chi connectivity index (χ2n) is 6.34. The largest absolute Gasteiger partial charge is 0.480 e. The van der Waals surface area contributed by atoms with Crippen molar-refractivity contribution < 1.29 is 9.90 Å². The molecule has 4 nitrogen and oxygen atoms in total. The van der Waals surface area contributed by atoms with Gasteiger partial charge in [0, 0.05) is 18.9 Å². The molecule has 3 rings (SSSR count). The molecule has 0 bridgehead atoms. The van der Waals surface area contributed by atoms with Crippen molar-refractivity contribution in [2.45, 2.75) is 38.8 Å². The van der Waals surface area contributed by atoms with E-state index in [1.807, 2.05) is 18.3 Å². The maximum atomic E-state index is 11.7. The molecule has 1 aliphatic rings. The molecule has 1 saturated heterocycles. The first-order chi connectivity index (χ1) is 11.1. The lowest BCUT2D eigenvalue weighted by molar-refractivity contribution is -0.142. The number of aromatic nitrogens is 1. The van der Waals surface area contributed by atoms with E-state index in [-0.39, 0.29) is 6.04 Å². The lowest BCUT2D eigenvalue weighted by atomic mass is 9.94. The number of rotatable bonds is 4. The number of pyridine rings is 1. The van der Waals surface area contributed by atoms with Crippen molar-refractivity contribution in [3.63, 3.8) is 0 Å². The first kappa shape index (κ1) is 15.7. The highest BCUT2D eigenvalue weighted by molar-refractivity contribution is 5.74. The van der Waals surface area contributed by atoms with Crippen LogP contribution in [0.25, 0.3) is 0 Å². The summed E-state index contributed by atoms with van der Waals surface area (Å²) in [6.07, 6.45) is 5.22. The van der Waals surface area contributed by atoms with Crippen LogP contribution in [0.4, 0.5) is 0 Å². The second kappa shape index (κ2) is 6.50. The summed E-state index contributed by atoms with van der Waals surface area (Å²) in [5.41, 5.74) is 4.58. The number of nitrogens with zero attached hydrogens (tertiary/aromatic N) is 2. The Bertz CT molecular complexity index is 680. The van der Waals surface area contributed by atoms with Crippen molar-refractivity contribution >= 4 is 5.97 Å². The summed E-state index contributed by atoms with van der Waals surface area (Å²) in [6, 6.07) is 9.90. The van der Waals surface area contributed by atoms with Gasteiger partial charge in [0.15, 0.2) is 0 Å². The Balaban J connectivity index is 2.09. The molecule has 0 saturated carbocycles. The topological polar surface area (TPSA) is 53.4 Å². The zero-order chi connectivity index (χ0) is 16.4. The van der Waals surface area contributed by atoms with E-state index >= 15 is 0 Å². The number of likely N-dealkylation sites (tertiary alicyclic amines) is 1. The summed E-state index contributed by atoms with van der Waals surface area (Å²) in [7, 11) is 0. The first-order valence-corrected chi connectivity index (χ1v) is 8.03. The molecule has 0 spiro atoms. The minimum atomic E-state index is -0.735. The van der Waals surface area contributed by atoms with Crippen molar-refractivity contribution in [1.29, 1.82) is 0 Å². The van der Waals surface area contributed by atoms with E-state index in [4.69, 9.17) is 0 Å². The lowest BCUT2D eigenvalue weighted by Gasteiger charge is -2.32. The van der Waals surface area contributed by atoms with Crippen LogP contribution in [0, 0.1) is 13.8 Å². The van der Waals surface area contributed by atoms with Crippen LogP contribution in [0.3, 0.4) is 0 Å². The van der Waals surface area contributed by atoms with E-state index in [1.165, 1.54) is 11.1 Å². The fourth-order valence-electron chi connectivity index (χ4n) is 3.64. The van der Waals surface area contributed by atoms with E-state index in [9.17, 15) is 9.90 Å². The second-order valence-corrected chi connectivity index (χ2v) is 6.34. The Kier molecular flexibility index (Phi) is 4.44. The van der Waals surface area contributed by atoms with Crippen LogP contribution in [0.5, 0.6) is 0 Å². The molecule has 2 aromatic rings. The molecule has 0 radical (unpaired) electrons. The van der Waals surface area contributed by atoms with Gasteiger partial charge in [-0.05, 0) is 43.9 Å². The van der Waals surface area contributed by atoms with Gasteiger partial charge in [0.25, 0.3) is 0 Å². The highest BCUT2D eigenvalue weighted by atomic mass is 16.4. The number of carbonyl (C=O) groups is 1. The lowest BCUT2D eigenvalue weighted by Crippen LogP contribution is -2.39. The van der Waals surface area contributed by atoms with Crippen LogP contribution in [0.2, 0.25) is 0 Å². The summed E-state index contributed by atoms with van der Waals surface area (Å²) in [5.74, 6) is -0.735. The van der Waals surface area contributed by atoms with Crippen molar-refractivity contribution in [3.8, 4) is 0 Å². The number of aliphatic carboxylic acids is 1. The third-order valence-electron chi connectivity index (χ3n) is 4.47. The van der Waals surface area contributed by atoms with Crippen LogP contribution < -0.4 is 0 Å². The van der Waals surface area contributed by atoms with Gasteiger partial charge in [-0.1, -0.05) is 35.4 Å². The molecule has 2 atom stereocenters. The Labute approximate surface area is 136 Å². The van der Waals surface area contributed by atoms with Gasteiger partial charge in [-0.2, -0.15) is 0 Å². The molecule has 23 heavy (non-hydrogen) atoms. The van der Waals surface area contributed by atoms with Gasteiger partial charge in [0.05, 0.1) is 6.04 Å². The van der Waals surface area contributed by atoms with Crippen molar-refractivity contribution in [2.24, 2.45) is 0 Å². The monoisotopic (exact) mass is 310 g/mol. The number of carboxylic acid groups (broad SMARTS) is 1. The molecule has 1 aliphatic heterocycles. The minimum absolute atomic E-state index is 0.0640. The fraction of sp³-hybridized carbons (Fsp3) is 0.368. The third kappa shape index (κ3) is 3.27. The number of aryl methyl sites for hydroxylation is 2. The summed E-state index contributed by atoms with van der Waals surface area (Å²) < 4.78 is 0. The van der Waals surface area contributed by atoms with E-state index in [0.717, 1.165) is 24.1 Å². The standard InChI is InChI=1S/C19H22N2O2/c1-13-9-14(2)11-16(10-13)18(15-5-3-7-20-12-15)21-8-4-6-17(21)19(22)23/h3,5,7,9-12,17-18H,4,6,8H2,1-2H3,(H,22,23). The molecule has 2 unspecified atom stereocenters. The number of hydrogen-bond acceptors (Lipinski definition) is 3. The predicted octanol–water partition coefficient (Wildman–Crippen LogP) is 3.34. The number of hydrogen-bond donors (Lipinski definition) is 1. The zero-order valence-corrected chi connectivity index (χ0v) is 13.6. The molecular weight excluding hydrogens is 288 g/mol. The van der Waals surface area contributed by atoms with Gasteiger partial charge in [-0.15, -0.1) is 0 Å². The van der Waals surface area contributed by atoms with Crippen LogP contribution in [0.1, 0.15) is 41.1 Å². The average molecular weight is 310 g/mol. The highest BCUT2D eigenvalue weighted by Crippen LogP contribution is 2.35. The third-order valence-corrected chi connectivity index (χ3v) is 4.47. The predicted molar refractivity (Wildman–Crippen MR) is 89.4 cm³/mol. The normalized spacial score (nSPS) is 19.7. The molecule has 0 aliphatic carbocycles. The van der Waals surface area contributed by atoms with E-state index in [2.05, 4.69) is 41.9 Å². The van der Waals surface area contributed by atoms with Gasteiger partial charge in [0.2, 0.25) is 0 Å². The Hall–Kier alpha value is -2.20. The maximum absolute atomic E-state index is 11.7. The van der Waals surface area contributed by atoms with Gasteiger partial charge in [-0.25, -0.2) is 0 Å². The number of carboxylic acids is 1. The van der Waals surface area contributed by atoms with Crippen LogP contribution >= 0.6 is 0 Å². The number of benzene rings is 1.